The van der Waals surface area contributed by atoms with Crippen molar-refractivity contribution in [2.24, 2.45) is 0 Å². The van der Waals surface area contributed by atoms with Gasteiger partial charge in [-0.3, -0.25) is 0 Å². The molecule has 0 heterocycles. The molecule has 2 rings (SSSR count). The largest absolute Gasteiger partial charge is 0.416 e. The molecule has 0 saturated heterocycles. The van der Waals surface area contributed by atoms with Crippen LogP contribution >= 0.6 is 11.6 Å². The van der Waals surface area contributed by atoms with Gasteiger partial charge in [0.1, 0.15) is 0 Å². The fraction of sp³-hybridized carbons (Fsp3) is 0.538. The first-order chi connectivity index (χ1) is 7.97. The van der Waals surface area contributed by atoms with Crippen LogP contribution in [0, 0.1) is 0 Å². The van der Waals surface area contributed by atoms with E-state index in [4.69, 9.17) is 11.6 Å². The topological polar surface area (TPSA) is 0 Å². The molecule has 0 aromatic heterocycles. The Morgan fingerprint density at radius 1 is 1.18 bits per heavy atom. The number of hydrogen-bond donors (Lipinski definition) is 0. The third-order valence-electron chi connectivity index (χ3n) is 3.30. The summed E-state index contributed by atoms with van der Waals surface area (Å²) >= 11 is 6.07. The second-order valence-corrected chi connectivity index (χ2v) is 5.20. The molecule has 0 nitrogen and oxygen atoms in total. The quantitative estimate of drug-likeness (QED) is 0.627. The van der Waals surface area contributed by atoms with E-state index in [0.29, 0.717) is 0 Å². The lowest BCUT2D eigenvalue weighted by Gasteiger charge is -2.26. The predicted octanol–water partition coefficient (Wildman–Crippen LogP) is 4.97. The Morgan fingerprint density at radius 2 is 1.94 bits per heavy atom. The van der Waals surface area contributed by atoms with E-state index in [2.05, 4.69) is 0 Å². The van der Waals surface area contributed by atoms with Gasteiger partial charge in [0.25, 0.3) is 0 Å². The first-order valence-electron chi connectivity index (χ1n) is 5.78. The molecule has 2 atom stereocenters. The highest BCUT2D eigenvalue weighted by Gasteiger charge is 2.31. The molecule has 1 aromatic rings. The zero-order valence-electron chi connectivity index (χ0n) is 9.30. The lowest BCUT2D eigenvalue weighted by atomic mass is 9.83. The van der Waals surface area contributed by atoms with Gasteiger partial charge in [0.05, 0.1) is 5.56 Å². The van der Waals surface area contributed by atoms with Crippen molar-refractivity contribution in [1.82, 2.24) is 0 Å². The van der Waals surface area contributed by atoms with Crippen molar-refractivity contribution in [3.05, 3.63) is 35.4 Å². The highest BCUT2D eigenvalue weighted by molar-refractivity contribution is 6.20. The number of alkyl halides is 4. The number of rotatable bonds is 1. The van der Waals surface area contributed by atoms with Crippen LogP contribution in [0.3, 0.4) is 0 Å². The molecule has 0 bridgehead atoms. The van der Waals surface area contributed by atoms with Crippen molar-refractivity contribution in [1.29, 1.82) is 0 Å². The van der Waals surface area contributed by atoms with Crippen molar-refractivity contribution in [2.45, 2.75) is 43.2 Å². The van der Waals surface area contributed by atoms with Crippen molar-refractivity contribution in [2.75, 3.05) is 0 Å². The average Bonchev–Trinajstić information content (AvgIpc) is 2.28. The van der Waals surface area contributed by atoms with Crippen LogP contribution in [0.5, 0.6) is 0 Å². The fourth-order valence-electron chi connectivity index (χ4n) is 2.40. The monoisotopic (exact) mass is 262 g/mol. The second kappa shape index (κ2) is 4.89. The minimum Gasteiger partial charge on any atom is -0.166 e. The molecule has 0 N–H and O–H groups in total. The molecule has 4 heteroatoms. The van der Waals surface area contributed by atoms with Gasteiger partial charge >= 0.3 is 6.18 Å². The Morgan fingerprint density at radius 3 is 2.59 bits per heavy atom. The maximum absolute atomic E-state index is 12.6. The molecule has 94 valence electrons. The first kappa shape index (κ1) is 12.7. The molecule has 0 radical (unpaired) electrons. The molecule has 2 unspecified atom stereocenters. The van der Waals surface area contributed by atoms with Crippen molar-refractivity contribution < 1.29 is 13.2 Å². The molecule has 0 spiro atoms. The molecule has 0 amide bonds. The van der Waals surface area contributed by atoms with Crippen molar-refractivity contribution in [3.8, 4) is 0 Å². The number of halogens is 4. The van der Waals surface area contributed by atoms with Gasteiger partial charge in [0.15, 0.2) is 0 Å². The summed E-state index contributed by atoms with van der Waals surface area (Å²) in [6.07, 6.45) is -0.579. The molecule has 1 saturated carbocycles. The van der Waals surface area contributed by atoms with Crippen LogP contribution in [-0.4, -0.2) is 5.38 Å². The van der Waals surface area contributed by atoms with Crippen molar-refractivity contribution in [3.63, 3.8) is 0 Å². The van der Waals surface area contributed by atoms with E-state index in [1.54, 1.807) is 6.07 Å². The Labute approximate surface area is 104 Å². The standard InChI is InChI=1S/C13H14ClF3/c14-12-6-2-4-10(8-12)9-3-1-5-11(7-9)13(15,16)17/h1,3,5,7,10,12H,2,4,6,8H2. The van der Waals surface area contributed by atoms with E-state index in [1.807, 2.05) is 0 Å². The zero-order chi connectivity index (χ0) is 12.5. The van der Waals surface area contributed by atoms with Gasteiger partial charge in [-0.1, -0.05) is 24.6 Å². The Hall–Kier alpha value is -0.700. The van der Waals surface area contributed by atoms with Gasteiger partial charge < -0.3 is 0 Å². The van der Waals surface area contributed by atoms with Crippen LogP contribution in [-0.2, 0) is 6.18 Å². The second-order valence-electron chi connectivity index (χ2n) is 4.58. The van der Waals surface area contributed by atoms with Crippen LogP contribution in [0.4, 0.5) is 13.2 Å². The van der Waals surface area contributed by atoms with Crippen LogP contribution in [0.2, 0.25) is 0 Å². The van der Waals surface area contributed by atoms with Crippen LogP contribution in [0.1, 0.15) is 42.7 Å². The van der Waals surface area contributed by atoms with E-state index in [0.717, 1.165) is 37.3 Å². The Balaban J connectivity index is 2.21. The van der Waals surface area contributed by atoms with E-state index < -0.39 is 11.7 Å². The SMILES string of the molecule is FC(F)(F)c1cccc(C2CCCC(Cl)C2)c1. The van der Waals surface area contributed by atoms with Crippen LogP contribution in [0.15, 0.2) is 24.3 Å². The Kier molecular flexibility index (Phi) is 3.67. The van der Waals surface area contributed by atoms with Gasteiger partial charge in [-0.05, 0) is 36.8 Å². The molecule has 1 aromatic carbocycles. The van der Waals surface area contributed by atoms with Gasteiger partial charge in [-0.25, -0.2) is 0 Å². The Bertz CT molecular complexity index is 386. The molecule has 1 aliphatic rings. The molecule has 0 aliphatic heterocycles. The van der Waals surface area contributed by atoms with Gasteiger partial charge in [-0.2, -0.15) is 13.2 Å². The van der Waals surface area contributed by atoms with Crippen molar-refractivity contribution >= 4 is 11.6 Å². The van der Waals surface area contributed by atoms with Gasteiger partial charge in [0, 0.05) is 5.38 Å². The summed E-state index contributed by atoms with van der Waals surface area (Å²) in [7, 11) is 0. The molecular weight excluding hydrogens is 249 g/mol. The highest BCUT2D eigenvalue weighted by atomic mass is 35.5. The summed E-state index contributed by atoms with van der Waals surface area (Å²) < 4.78 is 37.8. The summed E-state index contributed by atoms with van der Waals surface area (Å²) in [5, 5.41) is 0.100. The normalized spacial score (nSPS) is 25.9. The molecule has 1 aliphatic carbocycles. The fourth-order valence-corrected chi connectivity index (χ4v) is 2.77. The predicted molar refractivity (Wildman–Crippen MR) is 62.3 cm³/mol. The summed E-state index contributed by atoms with van der Waals surface area (Å²) in [6, 6.07) is 5.63. The minimum atomic E-state index is -4.26. The summed E-state index contributed by atoms with van der Waals surface area (Å²) in [4.78, 5) is 0. The van der Waals surface area contributed by atoms with Gasteiger partial charge in [-0.15, -0.1) is 11.6 Å². The van der Waals surface area contributed by atoms with Gasteiger partial charge in [0.2, 0.25) is 0 Å². The van der Waals surface area contributed by atoms with E-state index in [9.17, 15) is 13.2 Å². The van der Waals surface area contributed by atoms with Crippen LogP contribution < -0.4 is 0 Å². The lowest BCUT2D eigenvalue weighted by molar-refractivity contribution is -0.137. The van der Waals surface area contributed by atoms with E-state index in [1.165, 1.54) is 12.1 Å². The molecular formula is C13H14ClF3. The zero-order valence-corrected chi connectivity index (χ0v) is 10.1. The summed E-state index contributed by atoms with van der Waals surface area (Å²) in [6.45, 7) is 0. The summed E-state index contributed by atoms with van der Waals surface area (Å²) in [5.41, 5.74) is 0.205. The third kappa shape index (κ3) is 3.15. The highest BCUT2D eigenvalue weighted by Crippen LogP contribution is 2.37. The minimum absolute atomic E-state index is 0.100. The lowest BCUT2D eigenvalue weighted by Crippen LogP contribution is -2.15. The first-order valence-corrected chi connectivity index (χ1v) is 6.21. The maximum atomic E-state index is 12.6. The van der Waals surface area contributed by atoms with Crippen LogP contribution in [0.25, 0.3) is 0 Å². The number of benzene rings is 1. The number of hydrogen-bond acceptors (Lipinski definition) is 0. The summed E-state index contributed by atoms with van der Waals surface area (Å²) in [5.74, 6) is 0.175. The maximum Gasteiger partial charge on any atom is 0.416 e. The van der Waals surface area contributed by atoms with E-state index >= 15 is 0 Å². The molecule has 17 heavy (non-hydrogen) atoms. The smallest absolute Gasteiger partial charge is 0.166 e. The average molecular weight is 263 g/mol. The third-order valence-corrected chi connectivity index (χ3v) is 3.69. The van der Waals surface area contributed by atoms with E-state index in [-0.39, 0.29) is 11.3 Å². The molecule has 1 fully saturated rings.